The normalized spacial score (nSPS) is 10.6. The molecule has 0 bridgehead atoms. The fourth-order valence-corrected chi connectivity index (χ4v) is 2.06. The zero-order valence-corrected chi connectivity index (χ0v) is 13.1. The van der Waals surface area contributed by atoms with E-state index in [-0.39, 0.29) is 29.0 Å². The van der Waals surface area contributed by atoms with Crippen LogP contribution >= 0.6 is 11.6 Å². The van der Waals surface area contributed by atoms with Crippen LogP contribution in [-0.4, -0.2) is 23.0 Å². The highest BCUT2D eigenvalue weighted by Gasteiger charge is 2.25. The summed E-state index contributed by atoms with van der Waals surface area (Å²) in [6.07, 6.45) is 6.67. The summed E-state index contributed by atoms with van der Waals surface area (Å²) >= 11 is 5.88. The van der Waals surface area contributed by atoms with Crippen molar-refractivity contribution >= 4 is 23.2 Å². The number of terminal acetylenes is 1. The van der Waals surface area contributed by atoms with E-state index in [2.05, 4.69) is 11.2 Å². The predicted molar refractivity (Wildman–Crippen MR) is 83.9 cm³/mol. The number of nitro groups is 1. The summed E-state index contributed by atoms with van der Waals surface area (Å²) in [5.74, 6) is 2.40. The van der Waals surface area contributed by atoms with Gasteiger partial charge >= 0.3 is 0 Å². The van der Waals surface area contributed by atoms with Gasteiger partial charge in [-0.05, 0) is 18.9 Å². The smallest absolute Gasteiger partial charge is 0.271 e. The maximum atomic E-state index is 11.9. The molecule has 1 amide bonds. The van der Waals surface area contributed by atoms with Gasteiger partial charge in [0.25, 0.3) is 11.6 Å². The predicted octanol–water partition coefficient (Wildman–Crippen LogP) is 2.94. The number of carbonyl (C=O) groups is 1. The third-order valence-electron chi connectivity index (χ3n) is 3.35. The number of nitro benzene ring substituents is 1. The van der Waals surface area contributed by atoms with Gasteiger partial charge in [0.1, 0.15) is 11.3 Å². The van der Waals surface area contributed by atoms with Crippen LogP contribution in [0.25, 0.3) is 0 Å². The maximum Gasteiger partial charge on any atom is 0.271 e. The largest absolute Gasteiger partial charge is 0.482 e. The Morgan fingerprint density at radius 1 is 1.50 bits per heavy atom. The second kappa shape index (κ2) is 7.66. The van der Waals surface area contributed by atoms with Crippen LogP contribution in [0.1, 0.15) is 26.7 Å². The molecule has 118 valence electrons. The Morgan fingerprint density at radius 3 is 2.59 bits per heavy atom. The first kappa shape index (κ1) is 17.8. The number of nitrogens with one attached hydrogen (secondary N) is 1. The molecule has 0 unspecified atom stereocenters. The minimum atomic E-state index is -0.695. The average Bonchev–Trinajstić information content (AvgIpc) is 2.51. The van der Waals surface area contributed by atoms with E-state index in [0.717, 1.165) is 0 Å². The van der Waals surface area contributed by atoms with Crippen LogP contribution in [-0.2, 0) is 4.79 Å². The van der Waals surface area contributed by atoms with Gasteiger partial charge in [-0.2, -0.15) is 0 Å². The first-order chi connectivity index (χ1) is 10.4. The molecule has 0 fully saturated rings. The summed E-state index contributed by atoms with van der Waals surface area (Å²) in [6, 6.07) is 3.77. The van der Waals surface area contributed by atoms with Gasteiger partial charge < -0.3 is 10.1 Å². The van der Waals surface area contributed by atoms with Crippen LogP contribution in [0.3, 0.4) is 0 Å². The van der Waals surface area contributed by atoms with Crippen molar-refractivity contribution in [3.63, 3.8) is 0 Å². The standard InChI is InChI=1S/C15H17ClN2O4/c1-4-15(5-2,6-3)17-14(19)10-22-13-8-7-11(18(20)21)9-12(13)16/h1,7-9H,5-6,10H2,2-3H3,(H,17,19). The molecule has 0 heterocycles. The molecule has 0 aliphatic heterocycles. The van der Waals surface area contributed by atoms with Gasteiger partial charge in [0.05, 0.1) is 9.95 Å². The third kappa shape index (κ3) is 4.37. The third-order valence-corrected chi connectivity index (χ3v) is 3.64. The summed E-state index contributed by atoms with van der Waals surface area (Å²) in [6.45, 7) is 3.50. The summed E-state index contributed by atoms with van der Waals surface area (Å²) in [4.78, 5) is 22.0. The highest BCUT2D eigenvalue weighted by molar-refractivity contribution is 6.32. The van der Waals surface area contributed by atoms with Crippen LogP contribution in [0.15, 0.2) is 18.2 Å². The zero-order valence-electron chi connectivity index (χ0n) is 12.4. The molecule has 1 aromatic rings. The number of hydrogen-bond donors (Lipinski definition) is 1. The molecule has 0 saturated heterocycles. The van der Waals surface area contributed by atoms with E-state index in [4.69, 9.17) is 22.8 Å². The molecule has 6 nitrogen and oxygen atoms in total. The number of ether oxygens (including phenoxy) is 1. The fraction of sp³-hybridized carbons (Fsp3) is 0.400. The van der Waals surface area contributed by atoms with E-state index < -0.39 is 10.5 Å². The van der Waals surface area contributed by atoms with Gasteiger partial charge in [-0.25, -0.2) is 0 Å². The van der Waals surface area contributed by atoms with Gasteiger partial charge in [0.2, 0.25) is 0 Å². The molecule has 1 rings (SSSR count). The molecule has 0 spiro atoms. The molecule has 0 aliphatic carbocycles. The highest BCUT2D eigenvalue weighted by Crippen LogP contribution is 2.28. The number of carbonyl (C=O) groups excluding carboxylic acids is 1. The number of amides is 1. The average molecular weight is 325 g/mol. The Morgan fingerprint density at radius 2 is 2.14 bits per heavy atom. The van der Waals surface area contributed by atoms with Crippen molar-refractivity contribution in [3.8, 4) is 18.1 Å². The number of hydrogen-bond acceptors (Lipinski definition) is 4. The van der Waals surface area contributed by atoms with E-state index in [0.29, 0.717) is 12.8 Å². The van der Waals surface area contributed by atoms with Crippen LogP contribution in [0.4, 0.5) is 5.69 Å². The molecule has 7 heteroatoms. The van der Waals surface area contributed by atoms with Crippen molar-refractivity contribution < 1.29 is 14.5 Å². The molecular formula is C15H17ClN2O4. The second-order valence-corrected chi connectivity index (χ2v) is 5.05. The summed E-state index contributed by atoms with van der Waals surface area (Å²) in [5, 5.41) is 13.4. The van der Waals surface area contributed by atoms with Crippen molar-refractivity contribution in [1.29, 1.82) is 0 Å². The Bertz CT molecular complexity index is 606. The van der Waals surface area contributed by atoms with E-state index in [1.165, 1.54) is 18.2 Å². The van der Waals surface area contributed by atoms with Crippen LogP contribution in [0.5, 0.6) is 5.75 Å². The minimum absolute atomic E-state index is 0.0659. The SMILES string of the molecule is C#CC(CC)(CC)NC(=O)COc1ccc([N+](=O)[O-])cc1Cl. The molecule has 22 heavy (non-hydrogen) atoms. The Hall–Kier alpha value is -2.26. The lowest BCUT2D eigenvalue weighted by molar-refractivity contribution is -0.384. The molecule has 1 aromatic carbocycles. The van der Waals surface area contributed by atoms with Crippen molar-refractivity contribution in [3.05, 3.63) is 33.3 Å². The van der Waals surface area contributed by atoms with Crippen molar-refractivity contribution in [2.45, 2.75) is 32.2 Å². The van der Waals surface area contributed by atoms with E-state index in [9.17, 15) is 14.9 Å². The summed E-state index contributed by atoms with van der Waals surface area (Å²) < 4.78 is 5.28. The Balaban J connectivity index is 2.69. The van der Waals surface area contributed by atoms with E-state index in [1.54, 1.807) is 0 Å². The second-order valence-electron chi connectivity index (χ2n) is 4.64. The van der Waals surface area contributed by atoms with Crippen LogP contribution < -0.4 is 10.1 Å². The molecule has 0 radical (unpaired) electrons. The first-order valence-corrected chi connectivity index (χ1v) is 7.10. The number of non-ortho nitro benzene ring substituents is 1. The van der Waals surface area contributed by atoms with E-state index >= 15 is 0 Å². The van der Waals surface area contributed by atoms with Gasteiger partial charge in [0, 0.05) is 12.1 Å². The number of rotatable bonds is 7. The highest BCUT2D eigenvalue weighted by atomic mass is 35.5. The Labute approximate surface area is 133 Å². The molecule has 1 N–H and O–H groups in total. The molecule has 0 aliphatic rings. The van der Waals surface area contributed by atoms with Crippen molar-refractivity contribution in [2.75, 3.05) is 6.61 Å². The summed E-state index contributed by atoms with van der Waals surface area (Å²) in [7, 11) is 0. The van der Waals surface area contributed by atoms with Gasteiger partial charge in [-0.1, -0.05) is 31.4 Å². The molecular weight excluding hydrogens is 308 g/mol. The lowest BCUT2D eigenvalue weighted by atomic mass is 9.94. The molecule has 0 saturated carbocycles. The quantitative estimate of drug-likeness (QED) is 0.475. The Kier molecular flexibility index (Phi) is 6.20. The monoisotopic (exact) mass is 324 g/mol. The lowest BCUT2D eigenvalue weighted by Crippen LogP contribution is -2.48. The summed E-state index contributed by atoms with van der Waals surface area (Å²) in [5.41, 5.74) is -0.843. The minimum Gasteiger partial charge on any atom is -0.482 e. The lowest BCUT2D eigenvalue weighted by Gasteiger charge is -2.27. The van der Waals surface area contributed by atoms with Crippen LogP contribution in [0, 0.1) is 22.5 Å². The zero-order chi connectivity index (χ0) is 16.8. The van der Waals surface area contributed by atoms with E-state index in [1.807, 2.05) is 13.8 Å². The van der Waals surface area contributed by atoms with Gasteiger partial charge in [-0.15, -0.1) is 6.42 Å². The molecule has 0 atom stereocenters. The number of nitrogens with zero attached hydrogens (tertiary/aromatic N) is 1. The number of halogens is 1. The van der Waals surface area contributed by atoms with Crippen molar-refractivity contribution in [2.24, 2.45) is 0 Å². The molecule has 0 aromatic heterocycles. The van der Waals surface area contributed by atoms with Gasteiger partial charge in [-0.3, -0.25) is 14.9 Å². The van der Waals surface area contributed by atoms with Crippen LogP contribution in [0.2, 0.25) is 5.02 Å². The first-order valence-electron chi connectivity index (χ1n) is 6.73. The van der Waals surface area contributed by atoms with Crippen molar-refractivity contribution in [1.82, 2.24) is 5.32 Å². The maximum absolute atomic E-state index is 11.9. The number of benzene rings is 1. The topological polar surface area (TPSA) is 81.5 Å². The fourth-order valence-electron chi connectivity index (χ4n) is 1.83. The van der Waals surface area contributed by atoms with Gasteiger partial charge in [0.15, 0.2) is 6.61 Å².